The van der Waals surface area contributed by atoms with Gasteiger partial charge in [0.25, 0.3) is 5.91 Å². The first-order chi connectivity index (χ1) is 16.3. The lowest BCUT2D eigenvalue weighted by Gasteiger charge is -2.28. The first-order valence-corrected chi connectivity index (χ1v) is 13.0. The predicted molar refractivity (Wildman–Crippen MR) is 141 cm³/mol. The van der Waals surface area contributed by atoms with Gasteiger partial charge in [-0.2, -0.15) is 0 Å². The molecule has 4 rings (SSSR count). The van der Waals surface area contributed by atoms with Crippen molar-refractivity contribution in [3.8, 4) is 11.3 Å². The number of amides is 1. The van der Waals surface area contributed by atoms with Crippen LogP contribution in [0.1, 0.15) is 43.1 Å². The van der Waals surface area contributed by atoms with Crippen LogP contribution in [0.2, 0.25) is 5.02 Å². The van der Waals surface area contributed by atoms with Gasteiger partial charge in [0.15, 0.2) is 5.13 Å². The molecule has 180 valence electrons. The first-order valence-electron chi connectivity index (χ1n) is 11.8. The Hall–Kier alpha value is -2.25. The van der Waals surface area contributed by atoms with Crippen LogP contribution in [0.15, 0.2) is 53.9 Å². The number of anilines is 1. The van der Waals surface area contributed by atoms with Crippen molar-refractivity contribution >= 4 is 34.0 Å². The van der Waals surface area contributed by atoms with E-state index in [0.29, 0.717) is 17.1 Å². The zero-order valence-electron chi connectivity index (χ0n) is 20.1. The molecule has 1 saturated heterocycles. The maximum atomic E-state index is 13.6. The van der Waals surface area contributed by atoms with Gasteiger partial charge in [-0.05, 0) is 41.7 Å². The molecule has 2 heterocycles. The zero-order chi connectivity index (χ0) is 24.1. The first kappa shape index (κ1) is 24.9. The number of halogens is 1. The second kappa shape index (κ2) is 11.0. The maximum absolute atomic E-state index is 13.6. The van der Waals surface area contributed by atoms with E-state index in [4.69, 9.17) is 21.3 Å². The summed E-state index contributed by atoms with van der Waals surface area (Å²) in [6.45, 7) is 11.5. The third kappa shape index (κ3) is 6.25. The Labute approximate surface area is 211 Å². The molecule has 2 aromatic carbocycles. The molecule has 0 unspecified atom stereocenters. The molecule has 7 heteroatoms. The fourth-order valence-electron chi connectivity index (χ4n) is 3.97. The van der Waals surface area contributed by atoms with Gasteiger partial charge in [-0.15, -0.1) is 11.3 Å². The van der Waals surface area contributed by atoms with E-state index in [1.54, 1.807) is 0 Å². The van der Waals surface area contributed by atoms with Crippen molar-refractivity contribution in [1.29, 1.82) is 0 Å². The molecule has 1 aromatic heterocycles. The van der Waals surface area contributed by atoms with Crippen molar-refractivity contribution in [1.82, 2.24) is 9.88 Å². The highest BCUT2D eigenvalue weighted by molar-refractivity contribution is 7.14. The van der Waals surface area contributed by atoms with Crippen LogP contribution in [0.5, 0.6) is 0 Å². The highest BCUT2D eigenvalue weighted by Gasteiger charge is 2.23. The van der Waals surface area contributed by atoms with Crippen molar-refractivity contribution in [2.24, 2.45) is 0 Å². The molecule has 0 N–H and O–H groups in total. The lowest BCUT2D eigenvalue weighted by Crippen LogP contribution is -2.39. The monoisotopic (exact) mass is 497 g/mol. The van der Waals surface area contributed by atoms with Crippen LogP contribution in [0, 0.1) is 0 Å². The molecular formula is C27H32ClN3O2S. The molecule has 1 fully saturated rings. The molecule has 0 saturated carbocycles. The maximum Gasteiger partial charge on any atom is 0.260 e. The van der Waals surface area contributed by atoms with Gasteiger partial charge in [-0.3, -0.25) is 14.6 Å². The number of benzene rings is 2. The fraction of sp³-hybridized carbons (Fsp3) is 0.407. The van der Waals surface area contributed by atoms with Crippen molar-refractivity contribution in [2.45, 2.75) is 32.6 Å². The highest BCUT2D eigenvalue weighted by Crippen LogP contribution is 2.30. The van der Waals surface area contributed by atoms with E-state index in [1.165, 1.54) is 16.9 Å². The highest BCUT2D eigenvalue weighted by atomic mass is 35.5. The minimum absolute atomic E-state index is 0.0144. The average molecular weight is 498 g/mol. The Morgan fingerprint density at radius 2 is 1.76 bits per heavy atom. The molecule has 0 aliphatic carbocycles. The predicted octanol–water partition coefficient (Wildman–Crippen LogP) is 6.13. The number of carbonyl (C=O) groups is 1. The van der Waals surface area contributed by atoms with Gasteiger partial charge in [0.2, 0.25) is 0 Å². The summed E-state index contributed by atoms with van der Waals surface area (Å²) in [6, 6.07) is 15.6. The summed E-state index contributed by atoms with van der Waals surface area (Å²) < 4.78 is 5.46. The summed E-state index contributed by atoms with van der Waals surface area (Å²) in [6.07, 6.45) is 0.877. The standard InChI is InChI=1S/C27H32ClN3O2S/c1-27(2,3)22-9-5-21(6-10-22)25(32)31(14-4-13-30-15-17-33-18-16-30)26-29-24(19-34-26)20-7-11-23(28)12-8-20/h5-12,19H,4,13-18H2,1-3H3. The van der Waals surface area contributed by atoms with Gasteiger partial charge in [0.05, 0.1) is 18.9 Å². The van der Waals surface area contributed by atoms with Gasteiger partial charge in [0, 0.05) is 47.7 Å². The number of nitrogens with zero attached hydrogens (tertiary/aromatic N) is 3. The van der Waals surface area contributed by atoms with E-state index in [0.717, 1.165) is 55.7 Å². The van der Waals surface area contributed by atoms with E-state index >= 15 is 0 Å². The zero-order valence-corrected chi connectivity index (χ0v) is 21.7. The number of ether oxygens (including phenoxy) is 1. The number of hydrogen-bond acceptors (Lipinski definition) is 5. The van der Waals surface area contributed by atoms with Gasteiger partial charge in [-0.25, -0.2) is 4.98 Å². The summed E-state index contributed by atoms with van der Waals surface area (Å²) in [5.74, 6) is -0.0144. The quantitative estimate of drug-likeness (QED) is 0.394. The largest absolute Gasteiger partial charge is 0.379 e. The van der Waals surface area contributed by atoms with Crippen LogP contribution >= 0.6 is 22.9 Å². The Morgan fingerprint density at radius 3 is 2.41 bits per heavy atom. The second-order valence-electron chi connectivity index (χ2n) is 9.61. The van der Waals surface area contributed by atoms with Crippen LogP contribution in [0.4, 0.5) is 5.13 Å². The number of morpholine rings is 1. The molecular weight excluding hydrogens is 466 g/mol. The Morgan fingerprint density at radius 1 is 1.09 bits per heavy atom. The summed E-state index contributed by atoms with van der Waals surface area (Å²) in [4.78, 5) is 22.7. The minimum atomic E-state index is -0.0144. The third-order valence-corrected chi connectivity index (χ3v) is 7.18. The van der Waals surface area contributed by atoms with E-state index in [9.17, 15) is 4.79 Å². The topological polar surface area (TPSA) is 45.7 Å². The van der Waals surface area contributed by atoms with Crippen LogP contribution in [0.3, 0.4) is 0 Å². The van der Waals surface area contributed by atoms with Crippen LogP contribution in [0.25, 0.3) is 11.3 Å². The van der Waals surface area contributed by atoms with Crippen molar-refractivity contribution in [3.05, 3.63) is 70.1 Å². The normalized spacial score (nSPS) is 14.8. The number of hydrogen-bond donors (Lipinski definition) is 0. The lowest BCUT2D eigenvalue weighted by molar-refractivity contribution is 0.0376. The molecule has 34 heavy (non-hydrogen) atoms. The molecule has 0 spiro atoms. The van der Waals surface area contributed by atoms with Gasteiger partial charge in [-0.1, -0.05) is 56.6 Å². The molecule has 0 atom stereocenters. The van der Waals surface area contributed by atoms with E-state index in [1.807, 2.05) is 46.7 Å². The van der Waals surface area contributed by atoms with Crippen molar-refractivity contribution in [3.63, 3.8) is 0 Å². The average Bonchev–Trinajstić information content (AvgIpc) is 3.32. The minimum Gasteiger partial charge on any atom is -0.379 e. The molecule has 1 amide bonds. The summed E-state index contributed by atoms with van der Waals surface area (Å²) in [5, 5.41) is 3.42. The van der Waals surface area contributed by atoms with Gasteiger partial charge in [0.1, 0.15) is 0 Å². The van der Waals surface area contributed by atoms with Gasteiger partial charge < -0.3 is 4.74 Å². The van der Waals surface area contributed by atoms with E-state index in [2.05, 4.69) is 37.8 Å². The summed E-state index contributed by atoms with van der Waals surface area (Å²) in [7, 11) is 0. The Balaban J connectivity index is 1.55. The fourth-order valence-corrected chi connectivity index (χ4v) is 4.96. The second-order valence-corrected chi connectivity index (χ2v) is 10.9. The van der Waals surface area contributed by atoms with Crippen molar-refractivity contribution < 1.29 is 9.53 Å². The van der Waals surface area contributed by atoms with Crippen molar-refractivity contribution in [2.75, 3.05) is 44.3 Å². The van der Waals surface area contributed by atoms with Crippen LogP contribution in [-0.4, -0.2) is 55.2 Å². The Bertz CT molecular complexity index is 1080. The molecule has 1 aliphatic heterocycles. The summed E-state index contributed by atoms with van der Waals surface area (Å²) >= 11 is 7.54. The molecule has 0 radical (unpaired) electrons. The third-order valence-electron chi connectivity index (χ3n) is 6.07. The molecule has 5 nitrogen and oxygen atoms in total. The lowest BCUT2D eigenvalue weighted by atomic mass is 9.86. The van der Waals surface area contributed by atoms with Crippen LogP contribution < -0.4 is 4.90 Å². The number of rotatable bonds is 7. The van der Waals surface area contributed by atoms with Gasteiger partial charge >= 0.3 is 0 Å². The van der Waals surface area contributed by atoms with E-state index < -0.39 is 0 Å². The summed E-state index contributed by atoms with van der Waals surface area (Å²) in [5.41, 5.74) is 3.78. The smallest absolute Gasteiger partial charge is 0.260 e. The molecule has 0 bridgehead atoms. The number of aromatic nitrogens is 1. The SMILES string of the molecule is CC(C)(C)c1ccc(C(=O)N(CCCN2CCOCC2)c2nc(-c3ccc(Cl)cc3)cs2)cc1. The Kier molecular flexibility index (Phi) is 8.04. The number of carbonyl (C=O) groups excluding carboxylic acids is 1. The molecule has 1 aliphatic rings. The number of thiazole rings is 1. The van der Waals surface area contributed by atoms with E-state index in [-0.39, 0.29) is 11.3 Å². The molecule has 3 aromatic rings. The van der Waals surface area contributed by atoms with Crippen LogP contribution in [-0.2, 0) is 10.2 Å².